The summed E-state index contributed by atoms with van der Waals surface area (Å²) in [6.45, 7) is 11.8. The molecule has 0 saturated carbocycles. The van der Waals surface area contributed by atoms with Crippen LogP contribution in [0.15, 0.2) is 53.7 Å². The second kappa shape index (κ2) is 25.1. The summed E-state index contributed by atoms with van der Waals surface area (Å²) in [5, 5.41) is 2.75. The van der Waals surface area contributed by atoms with Crippen LogP contribution in [0.4, 0.5) is 4.79 Å². The van der Waals surface area contributed by atoms with Gasteiger partial charge in [-0.15, -0.1) is 0 Å². The van der Waals surface area contributed by atoms with Gasteiger partial charge < -0.3 is 24.8 Å². The number of benzene rings is 2. The Morgan fingerprint density at radius 2 is 1.41 bits per heavy atom. The Kier molecular flexibility index (Phi) is 23.9. The predicted octanol–water partition coefficient (Wildman–Crippen LogP) is 7.93. The summed E-state index contributed by atoms with van der Waals surface area (Å²) in [4.78, 5) is 56.1. The monoisotopic (exact) mass is 908 g/mol. The number of ether oxygens (including phenoxy) is 1. The molecule has 3 aromatic rings. The molecule has 0 bridgehead atoms. The molecule has 1 aromatic heterocycles. The number of carbonyl (C=O) groups is 3. The lowest BCUT2D eigenvalue weighted by Crippen LogP contribution is -2.51. The van der Waals surface area contributed by atoms with Crippen molar-refractivity contribution in [1.29, 1.82) is 0 Å². The van der Waals surface area contributed by atoms with Gasteiger partial charge in [0.2, 0.25) is 11.8 Å². The molecule has 2 saturated heterocycles. The summed E-state index contributed by atoms with van der Waals surface area (Å²) < 4.78 is 4.80. The van der Waals surface area contributed by atoms with Crippen molar-refractivity contribution in [2.24, 2.45) is 22.7 Å². The number of nitrogens with one attached hydrogen (secondary N) is 2. The second-order valence-corrected chi connectivity index (χ2v) is 14.7. The second-order valence-electron chi connectivity index (χ2n) is 14.7. The first kappa shape index (κ1) is 55.2. The van der Waals surface area contributed by atoms with E-state index in [2.05, 4.69) is 59.9 Å². The molecule has 2 fully saturated rings. The number of hydrogen-bond acceptors (Lipinski definition) is 6. The number of likely N-dealkylation sites (tertiary alicyclic amines) is 2. The number of aromatic nitrogens is 2. The fourth-order valence-corrected chi connectivity index (χ4v) is 7.60. The molecule has 0 unspecified atom stereocenters. The van der Waals surface area contributed by atoms with Crippen molar-refractivity contribution in [3.8, 4) is 11.8 Å². The lowest BCUT2D eigenvalue weighted by atomic mass is 9.91. The van der Waals surface area contributed by atoms with Crippen LogP contribution in [-0.2, 0) is 14.3 Å². The lowest BCUT2D eigenvalue weighted by molar-refractivity contribution is -0.136. The summed E-state index contributed by atoms with van der Waals surface area (Å²) in [6.07, 6.45) is 7.52. The number of imidazole rings is 1. The van der Waals surface area contributed by atoms with Crippen LogP contribution in [0.2, 0.25) is 0 Å². The Balaban J connectivity index is 0.00000541. The van der Waals surface area contributed by atoms with Crippen LogP contribution < -0.4 is 5.32 Å². The molecule has 0 radical (unpaired) electrons. The summed E-state index contributed by atoms with van der Waals surface area (Å²) >= 11 is 0. The highest BCUT2D eigenvalue weighted by molar-refractivity contribution is 7.60. The zero-order chi connectivity index (χ0) is 36.9. The van der Waals surface area contributed by atoms with Crippen molar-refractivity contribution in [1.82, 2.24) is 25.1 Å². The van der Waals surface area contributed by atoms with Gasteiger partial charge in [0.15, 0.2) is 0 Å². The molecule has 6 atom stereocenters. The first-order valence-electron chi connectivity index (χ1n) is 18.9. The fourth-order valence-electron chi connectivity index (χ4n) is 7.60. The Hall–Kier alpha value is -2.81. The smallest absolute Gasteiger partial charge is 0.407 e. The topological polar surface area (TPSA) is 120 Å². The van der Waals surface area contributed by atoms with Gasteiger partial charge in [-0.05, 0) is 79.0 Å². The van der Waals surface area contributed by atoms with Crippen molar-refractivity contribution < 1.29 is 19.1 Å². The summed E-state index contributed by atoms with van der Waals surface area (Å²) in [7, 11) is 1.31. The number of carbonyl (C=O) groups excluding carboxylic acids is 3. The van der Waals surface area contributed by atoms with Crippen molar-refractivity contribution in [3.05, 3.63) is 71.2 Å². The molecule has 0 aliphatic carbocycles. The van der Waals surface area contributed by atoms with E-state index in [-0.39, 0.29) is 117 Å². The molecule has 58 heavy (non-hydrogen) atoms. The maximum Gasteiger partial charge on any atom is 0.407 e. The number of allylic oxidation sites excluding steroid dienone is 1. The zero-order valence-corrected chi connectivity index (χ0v) is 40.4. The SMILES string of the molecule is CC[C@H](C)[C@H](C)C(=O)N1CCC[C@H]1C1=NC=C(c2ccc(C#Cc3ccc4nc([C@@H]5CCCN5C(=O)[C@@H](NC(=O)OC)[C@@H](C)CC)[nH]c4c3)cc2)C1.S.S.S.S.S.S. The highest BCUT2D eigenvalue weighted by atomic mass is 32.1. The minimum absolute atomic E-state index is 0. The molecule has 3 amide bonds. The minimum atomic E-state index is -0.665. The molecule has 6 rings (SSSR count). The van der Waals surface area contributed by atoms with Crippen LogP contribution >= 0.6 is 81.0 Å². The van der Waals surface area contributed by atoms with E-state index in [9.17, 15) is 14.4 Å². The molecule has 10 nitrogen and oxygen atoms in total. The highest BCUT2D eigenvalue weighted by Crippen LogP contribution is 2.34. The first-order valence-corrected chi connectivity index (χ1v) is 18.9. The summed E-state index contributed by atoms with van der Waals surface area (Å²) in [6, 6.07) is 13.4. The van der Waals surface area contributed by atoms with Gasteiger partial charge in [-0.2, -0.15) is 81.0 Å². The molecule has 2 N–H and O–H groups in total. The van der Waals surface area contributed by atoms with Gasteiger partial charge in [0.1, 0.15) is 11.9 Å². The normalized spacial score (nSPS) is 18.7. The Morgan fingerprint density at radius 3 is 2.03 bits per heavy atom. The van der Waals surface area contributed by atoms with E-state index in [1.54, 1.807) is 0 Å². The summed E-state index contributed by atoms with van der Waals surface area (Å²) in [5.41, 5.74) is 6.84. The lowest BCUT2D eigenvalue weighted by Gasteiger charge is -2.30. The van der Waals surface area contributed by atoms with E-state index in [4.69, 9.17) is 14.7 Å². The van der Waals surface area contributed by atoms with Crippen molar-refractivity contribution in [2.75, 3.05) is 20.2 Å². The van der Waals surface area contributed by atoms with E-state index in [0.29, 0.717) is 12.5 Å². The Labute approximate surface area is 386 Å². The molecule has 3 aliphatic rings. The number of methoxy groups -OCH3 is 1. The van der Waals surface area contributed by atoms with Gasteiger partial charge >= 0.3 is 6.09 Å². The number of aromatic amines is 1. The third-order valence-corrected chi connectivity index (χ3v) is 11.5. The van der Waals surface area contributed by atoms with Crippen molar-refractivity contribution >= 4 is 121 Å². The van der Waals surface area contributed by atoms with E-state index in [1.165, 1.54) is 12.7 Å². The van der Waals surface area contributed by atoms with Gasteiger partial charge in [-0.1, -0.05) is 71.4 Å². The average Bonchev–Trinajstić information content (AvgIpc) is 4.00. The van der Waals surface area contributed by atoms with Gasteiger partial charge in [-0.25, -0.2) is 9.78 Å². The predicted molar refractivity (Wildman–Crippen MR) is 267 cm³/mol. The Bertz CT molecular complexity index is 1940. The number of alkyl carbamates (subject to hydrolysis) is 1. The zero-order valence-electron chi connectivity index (χ0n) is 34.4. The number of fused-ring (bicyclic) bond motifs is 1. The third kappa shape index (κ3) is 12.4. The van der Waals surface area contributed by atoms with Crippen LogP contribution in [0.1, 0.15) is 108 Å². The van der Waals surface area contributed by atoms with Gasteiger partial charge in [0.05, 0.1) is 30.2 Å². The quantitative estimate of drug-likeness (QED) is 0.201. The molecule has 3 aliphatic heterocycles. The maximum absolute atomic E-state index is 13.7. The molecule has 0 spiro atoms. The first-order chi connectivity index (χ1) is 25.1. The number of aliphatic imine (C=N–C) groups is 1. The summed E-state index contributed by atoms with van der Waals surface area (Å²) in [5.74, 6) is 7.83. The minimum Gasteiger partial charge on any atom is -0.453 e. The van der Waals surface area contributed by atoms with Crippen molar-refractivity contribution in [2.45, 2.75) is 97.7 Å². The number of H-pyrrole nitrogens is 1. The number of nitrogens with zero attached hydrogens (tertiary/aromatic N) is 4. The van der Waals surface area contributed by atoms with Crippen molar-refractivity contribution in [3.63, 3.8) is 0 Å². The van der Waals surface area contributed by atoms with Crippen LogP contribution in [-0.4, -0.2) is 75.7 Å². The standard InChI is InChI=1S/C42H52N6O4.6H2S/c1-7-26(3)28(5)40(49)47-21-9-11-36(47)35-24-32(25-43-35)31-18-15-29(16-19-31)13-14-30-17-20-33-34(23-30)45-39(44-33)37-12-10-22-48(37)41(50)38(27(4)8-2)46-42(51)52-6;;;;;;/h15-20,23,25-28,36-38H,7-12,21-22,24H2,1-6H3,(H,44,45)(H,46,51);6*1H2/t26-,27-,28-,36-,37-,38-;;;;;;/m0....../s1. The molecular weight excluding hydrogens is 845 g/mol. The number of hydrogen-bond donors (Lipinski definition) is 2. The van der Waals surface area contributed by atoms with Crippen LogP contribution in [0.5, 0.6) is 0 Å². The van der Waals surface area contributed by atoms with Crippen LogP contribution in [0.25, 0.3) is 16.6 Å². The van der Waals surface area contributed by atoms with E-state index in [0.717, 1.165) is 90.8 Å². The van der Waals surface area contributed by atoms with Gasteiger partial charge in [0, 0.05) is 48.5 Å². The van der Waals surface area contributed by atoms with Crippen LogP contribution in [0, 0.1) is 29.6 Å². The number of amides is 3. The van der Waals surface area contributed by atoms with E-state index in [1.807, 2.05) is 55.3 Å². The fraction of sp³-hybridized carbons (Fsp3) is 0.500. The van der Waals surface area contributed by atoms with E-state index < -0.39 is 12.1 Å². The molecule has 4 heterocycles. The molecular formula is C42H64N6O4S6. The van der Waals surface area contributed by atoms with Gasteiger partial charge in [0.25, 0.3) is 0 Å². The highest BCUT2D eigenvalue weighted by Gasteiger charge is 2.39. The van der Waals surface area contributed by atoms with Gasteiger partial charge in [-0.3, -0.25) is 14.6 Å². The van der Waals surface area contributed by atoms with E-state index >= 15 is 0 Å². The Morgan fingerprint density at radius 1 is 0.828 bits per heavy atom. The number of rotatable bonds is 10. The third-order valence-electron chi connectivity index (χ3n) is 11.5. The molecule has 2 aromatic carbocycles. The molecule has 16 heteroatoms. The average molecular weight is 909 g/mol. The maximum atomic E-state index is 13.7. The molecule has 322 valence electrons. The van der Waals surface area contributed by atoms with Crippen LogP contribution in [0.3, 0.4) is 0 Å². The largest absolute Gasteiger partial charge is 0.453 e.